The molecule has 1 aliphatic heterocycles. The number of benzene rings is 1. The summed E-state index contributed by atoms with van der Waals surface area (Å²) in [4.78, 5) is 24.0. The number of morpholine rings is 1. The summed E-state index contributed by atoms with van der Waals surface area (Å²) in [6.07, 6.45) is -5.08. The molecule has 11 heteroatoms. The molecule has 8 nitrogen and oxygen atoms in total. The minimum absolute atomic E-state index is 0.0126. The molecule has 1 aromatic carbocycles. The summed E-state index contributed by atoms with van der Waals surface area (Å²) < 4.78 is 41.4. The summed E-state index contributed by atoms with van der Waals surface area (Å²) in [5.74, 6) is -2.77. The fourth-order valence-corrected chi connectivity index (χ4v) is 4.12. The van der Waals surface area contributed by atoms with Gasteiger partial charge in [-0.25, -0.2) is 4.79 Å². The Kier molecular flexibility index (Phi) is 7.88. The van der Waals surface area contributed by atoms with Gasteiger partial charge < -0.3 is 24.3 Å². The molecule has 1 saturated heterocycles. The van der Waals surface area contributed by atoms with Crippen molar-refractivity contribution in [2.45, 2.75) is 26.1 Å². The van der Waals surface area contributed by atoms with Crippen LogP contribution in [-0.2, 0) is 16.6 Å². The zero-order valence-corrected chi connectivity index (χ0v) is 19.4. The molecule has 3 aromatic rings. The molecule has 186 valence electrons. The third-order valence-electron chi connectivity index (χ3n) is 5.70. The van der Waals surface area contributed by atoms with E-state index in [-0.39, 0.29) is 5.91 Å². The van der Waals surface area contributed by atoms with E-state index in [1.54, 1.807) is 0 Å². The number of aryl methyl sites for hydroxylation is 1. The molecule has 0 unspecified atom stereocenters. The van der Waals surface area contributed by atoms with E-state index in [9.17, 15) is 18.0 Å². The minimum Gasteiger partial charge on any atom is -0.475 e. The molecule has 0 aliphatic carbocycles. The van der Waals surface area contributed by atoms with Crippen molar-refractivity contribution in [2.24, 2.45) is 7.05 Å². The monoisotopic (exact) mass is 482 g/mol. The molecule has 3 heterocycles. The van der Waals surface area contributed by atoms with Crippen LogP contribution in [0.2, 0.25) is 0 Å². The third-order valence-corrected chi connectivity index (χ3v) is 5.70. The molecule has 0 radical (unpaired) electrons. The number of para-hydroxylation sites is 1. The van der Waals surface area contributed by atoms with Crippen molar-refractivity contribution in [2.75, 3.05) is 39.4 Å². The zero-order chi connectivity index (χ0) is 25.0. The van der Waals surface area contributed by atoms with Gasteiger partial charge in [0.1, 0.15) is 5.69 Å². The zero-order valence-electron chi connectivity index (χ0n) is 19.4. The first-order chi connectivity index (χ1) is 16.0. The highest BCUT2D eigenvalue weighted by atomic mass is 19.4. The van der Waals surface area contributed by atoms with Crippen LogP contribution in [-0.4, -0.2) is 76.6 Å². The number of rotatable bonds is 5. The van der Waals surface area contributed by atoms with Crippen molar-refractivity contribution in [1.29, 1.82) is 0 Å². The standard InChI is InChI=1S/C21H28N4O2.C2HF3O2/c1-15(2)25-17-7-5-4-6-16(17)20-18(25)14-19(23(20)3)21(26)22-8-9-24-10-12-27-13-11-24;3-2(4,5)1(6)7/h4-7,14-15H,8-13H2,1-3H3,(H,22,26);(H,6,7). The van der Waals surface area contributed by atoms with Gasteiger partial charge in [-0.15, -0.1) is 0 Å². The lowest BCUT2D eigenvalue weighted by Gasteiger charge is -2.26. The molecule has 0 bridgehead atoms. The molecular formula is C23H29F3N4O4. The Hall–Kier alpha value is -3.05. The molecule has 0 atom stereocenters. The number of carboxylic acids is 1. The predicted molar refractivity (Wildman–Crippen MR) is 122 cm³/mol. The largest absolute Gasteiger partial charge is 0.490 e. The first-order valence-corrected chi connectivity index (χ1v) is 11.0. The van der Waals surface area contributed by atoms with Crippen LogP contribution >= 0.6 is 0 Å². The molecule has 1 aliphatic rings. The number of hydrogen-bond donors (Lipinski definition) is 2. The Morgan fingerprint density at radius 3 is 2.35 bits per heavy atom. The molecule has 2 aromatic heterocycles. The van der Waals surface area contributed by atoms with E-state index in [1.807, 2.05) is 17.7 Å². The highest BCUT2D eigenvalue weighted by Gasteiger charge is 2.38. The molecule has 34 heavy (non-hydrogen) atoms. The molecule has 0 spiro atoms. The quantitative estimate of drug-likeness (QED) is 0.582. The van der Waals surface area contributed by atoms with Crippen molar-refractivity contribution in [3.63, 3.8) is 0 Å². The number of nitrogens with one attached hydrogen (secondary N) is 1. The number of alkyl halides is 3. The van der Waals surface area contributed by atoms with Crippen molar-refractivity contribution >= 4 is 33.8 Å². The van der Waals surface area contributed by atoms with Crippen LogP contribution < -0.4 is 5.32 Å². The van der Waals surface area contributed by atoms with Gasteiger partial charge in [0.15, 0.2) is 0 Å². The van der Waals surface area contributed by atoms with Crippen LogP contribution in [0.25, 0.3) is 21.9 Å². The molecule has 1 fully saturated rings. The van der Waals surface area contributed by atoms with Gasteiger partial charge in [-0.2, -0.15) is 13.2 Å². The Bertz CT molecular complexity index is 1160. The molecule has 0 saturated carbocycles. The van der Waals surface area contributed by atoms with E-state index in [0.717, 1.165) is 43.9 Å². The van der Waals surface area contributed by atoms with Gasteiger partial charge in [-0.05, 0) is 26.0 Å². The average Bonchev–Trinajstić information content (AvgIpc) is 3.28. The Morgan fingerprint density at radius 1 is 1.15 bits per heavy atom. The second-order valence-electron chi connectivity index (χ2n) is 8.32. The number of aromatic nitrogens is 2. The van der Waals surface area contributed by atoms with Crippen LogP contribution in [0.3, 0.4) is 0 Å². The van der Waals surface area contributed by atoms with E-state index in [0.29, 0.717) is 18.3 Å². The fourth-order valence-electron chi connectivity index (χ4n) is 4.12. The highest BCUT2D eigenvalue weighted by molar-refractivity contribution is 6.10. The summed E-state index contributed by atoms with van der Waals surface area (Å²) in [6, 6.07) is 10.8. The Balaban J connectivity index is 0.000000406. The lowest BCUT2D eigenvalue weighted by molar-refractivity contribution is -0.192. The summed E-state index contributed by atoms with van der Waals surface area (Å²) in [6.45, 7) is 9.32. The van der Waals surface area contributed by atoms with E-state index >= 15 is 0 Å². The van der Waals surface area contributed by atoms with Gasteiger partial charge in [0.2, 0.25) is 0 Å². The number of ether oxygens (including phenoxy) is 1. The van der Waals surface area contributed by atoms with Gasteiger partial charge in [-0.3, -0.25) is 9.69 Å². The lowest BCUT2D eigenvalue weighted by Crippen LogP contribution is -2.41. The maximum atomic E-state index is 12.8. The SMILES string of the molecule is CC(C)n1c2ccccc2c2c1cc(C(=O)NCCN1CCOCC1)n2C.O=C(O)C(F)(F)F. The minimum atomic E-state index is -5.08. The number of carbonyl (C=O) groups is 2. The predicted octanol–water partition coefficient (Wildman–Crippen LogP) is 3.41. The van der Waals surface area contributed by atoms with Gasteiger partial charge in [0.25, 0.3) is 5.91 Å². The van der Waals surface area contributed by atoms with Crippen molar-refractivity contribution in [3.8, 4) is 0 Å². The van der Waals surface area contributed by atoms with Crippen LogP contribution in [0.1, 0.15) is 30.4 Å². The molecular weight excluding hydrogens is 453 g/mol. The van der Waals surface area contributed by atoms with Gasteiger partial charge >= 0.3 is 12.1 Å². The summed E-state index contributed by atoms with van der Waals surface area (Å²) in [7, 11) is 1.98. The lowest BCUT2D eigenvalue weighted by atomic mass is 10.2. The van der Waals surface area contributed by atoms with Crippen LogP contribution in [0.4, 0.5) is 13.2 Å². The smallest absolute Gasteiger partial charge is 0.475 e. The number of aliphatic carboxylic acids is 1. The summed E-state index contributed by atoms with van der Waals surface area (Å²) in [5, 5.41) is 11.4. The fraction of sp³-hybridized carbons (Fsp3) is 0.478. The number of carboxylic acid groups (broad SMARTS) is 1. The van der Waals surface area contributed by atoms with E-state index < -0.39 is 12.1 Å². The maximum Gasteiger partial charge on any atom is 0.490 e. The Labute approximate surface area is 194 Å². The second kappa shape index (κ2) is 10.5. The Morgan fingerprint density at radius 2 is 1.76 bits per heavy atom. The summed E-state index contributed by atoms with van der Waals surface area (Å²) in [5.41, 5.74) is 4.17. The molecule has 1 amide bonds. The second-order valence-corrected chi connectivity index (χ2v) is 8.32. The van der Waals surface area contributed by atoms with Crippen molar-refractivity contribution < 1.29 is 32.6 Å². The van der Waals surface area contributed by atoms with Gasteiger partial charge in [0, 0.05) is 44.7 Å². The number of fused-ring (bicyclic) bond motifs is 3. The van der Waals surface area contributed by atoms with Crippen LogP contribution in [0, 0.1) is 0 Å². The third kappa shape index (κ3) is 5.53. The number of amides is 1. The van der Waals surface area contributed by atoms with Crippen molar-refractivity contribution in [1.82, 2.24) is 19.4 Å². The number of carbonyl (C=O) groups excluding carboxylic acids is 1. The highest BCUT2D eigenvalue weighted by Crippen LogP contribution is 2.33. The normalized spacial score (nSPS) is 14.9. The topological polar surface area (TPSA) is 88.7 Å². The van der Waals surface area contributed by atoms with E-state index in [4.69, 9.17) is 14.6 Å². The number of halogens is 3. The molecule has 2 N–H and O–H groups in total. The van der Waals surface area contributed by atoms with E-state index in [1.165, 1.54) is 10.9 Å². The first kappa shape index (κ1) is 25.6. The summed E-state index contributed by atoms with van der Waals surface area (Å²) >= 11 is 0. The number of hydrogen-bond acceptors (Lipinski definition) is 4. The van der Waals surface area contributed by atoms with Gasteiger partial charge in [0.05, 0.1) is 29.8 Å². The van der Waals surface area contributed by atoms with Crippen molar-refractivity contribution in [3.05, 3.63) is 36.0 Å². The number of nitrogens with zero attached hydrogens (tertiary/aromatic N) is 3. The first-order valence-electron chi connectivity index (χ1n) is 11.0. The average molecular weight is 483 g/mol. The maximum absolute atomic E-state index is 12.8. The van der Waals surface area contributed by atoms with Gasteiger partial charge in [-0.1, -0.05) is 18.2 Å². The molecule has 4 rings (SSSR count). The van der Waals surface area contributed by atoms with Crippen LogP contribution in [0.5, 0.6) is 0 Å². The van der Waals surface area contributed by atoms with E-state index in [2.05, 4.69) is 52.9 Å². The van der Waals surface area contributed by atoms with Crippen LogP contribution in [0.15, 0.2) is 30.3 Å².